The summed E-state index contributed by atoms with van der Waals surface area (Å²) in [5.74, 6) is 1.81. The molecule has 102 valence electrons. The van der Waals surface area contributed by atoms with Crippen LogP contribution in [0.4, 0.5) is 0 Å². The van der Waals surface area contributed by atoms with Gasteiger partial charge in [-0.1, -0.05) is 13.8 Å². The Kier molecular flexibility index (Phi) is 4.69. The van der Waals surface area contributed by atoms with E-state index in [1.807, 2.05) is 4.68 Å². The molecule has 0 aliphatic heterocycles. The van der Waals surface area contributed by atoms with Gasteiger partial charge in [0.1, 0.15) is 18.7 Å². The van der Waals surface area contributed by atoms with Gasteiger partial charge in [0.15, 0.2) is 5.96 Å². The minimum atomic E-state index is -0.0958. The van der Waals surface area contributed by atoms with Crippen molar-refractivity contribution in [2.45, 2.75) is 46.7 Å². The summed E-state index contributed by atoms with van der Waals surface area (Å²) in [6.45, 7) is 11.7. The minimum absolute atomic E-state index is 0.0958. The van der Waals surface area contributed by atoms with E-state index in [1.165, 1.54) is 0 Å². The van der Waals surface area contributed by atoms with Crippen LogP contribution in [0.3, 0.4) is 0 Å². The molecule has 0 unspecified atom stereocenters. The molecule has 0 bridgehead atoms. The van der Waals surface area contributed by atoms with Gasteiger partial charge in [0.2, 0.25) is 0 Å². The van der Waals surface area contributed by atoms with E-state index in [-0.39, 0.29) is 5.54 Å². The first-order valence-corrected chi connectivity index (χ1v) is 6.24. The van der Waals surface area contributed by atoms with E-state index in [9.17, 15) is 0 Å². The number of aliphatic imine (C=N–C) groups is 1. The molecule has 0 aliphatic carbocycles. The summed E-state index contributed by atoms with van der Waals surface area (Å²) in [5, 5.41) is 7.29. The molecule has 0 spiro atoms. The normalized spacial score (nSPS) is 13.1. The van der Waals surface area contributed by atoms with Crippen LogP contribution in [0.1, 0.15) is 40.4 Å². The van der Waals surface area contributed by atoms with Crippen molar-refractivity contribution in [2.24, 2.45) is 16.6 Å². The summed E-state index contributed by atoms with van der Waals surface area (Å²) in [7, 11) is 0. The number of hydrogen-bond donors (Lipinski definition) is 2. The van der Waals surface area contributed by atoms with Crippen molar-refractivity contribution in [1.82, 2.24) is 20.1 Å². The largest absolute Gasteiger partial charge is 0.370 e. The lowest BCUT2D eigenvalue weighted by Crippen LogP contribution is -2.34. The molecule has 0 aromatic carbocycles. The summed E-state index contributed by atoms with van der Waals surface area (Å²) in [5.41, 5.74) is 5.68. The Hall–Kier alpha value is -1.59. The monoisotopic (exact) mass is 252 g/mol. The van der Waals surface area contributed by atoms with Crippen LogP contribution in [0.25, 0.3) is 0 Å². The maximum Gasteiger partial charge on any atom is 0.189 e. The van der Waals surface area contributed by atoms with Crippen molar-refractivity contribution in [3.8, 4) is 0 Å². The quantitative estimate of drug-likeness (QED) is 0.621. The lowest BCUT2D eigenvalue weighted by atomic mass is 10.1. The molecule has 6 heteroatoms. The lowest BCUT2D eigenvalue weighted by molar-refractivity contribution is 0.342. The Morgan fingerprint density at radius 2 is 2.17 bits per heavy atom. The summed E-state index contributed by atoms with van der Waals surface area (Å²) in [6, 6.07) is 0. The van der Waals surface area contributed by atoms with Crippen LogP contribution >= 0.6 is 0 Å². The van der Waals surface area contributed by atoms with E-state index in [1.54, 1.807) is 6.33 Å². The number of aromatic nitrogens is 3. The van der Waals surface area contributed by atoms with Gasteiger partial charge in [0, 0.05) is 6.54 Å². The second kappa shape index (κ2) is 5.84. The molecule has 3 N–H and O–H groups in total. The van der Waals surface area contributed by atoms with E-state index >= 15 is 0 Å². The van der Waals surface area contributed by atoms with Crippen LogP contribution in [-0.4, -0.2) is 27.3 Å². The highest BCUT2D eigenvalue weighted by atomic mass is 15.4. The molecule has 1 aromatic heterocycles. The maximum absolute atomic E-state index is 5.78. The van der Waals surface area contributed by atoms with Crippen LogP contribution in [0.15, 0.2) is 11.3 Å². The van der Waals surface area contributed by atoms with Crippen LogP contribution in [0.5, 0.6) is 0 Å². The van der Waals surface area contributed by atoms with Crippen molar-refractivity contribution in [1.29, 1.82) is 0 Å². The average molecular weight is 252 g/mol. The second-order valence-corrected chi connectivity index (χ2v) is 5.74. The van der Waals surface area contributed by atoms with E-state index in [4.69, 9.17) is 5.73 Å². The molecule has 0 aliphatic rings. The number of hydrogen-bond acceptors (Lipinski definition) is 3. The number of nitrogens with zero attached hydrogens (tertiary/aromatic N) is 4. The van der Waals surface area contributed by atoms with Crippen molar-refractivity contribution in [3.63, 3.8) is 0 Å². The zero-order valence-corrected chi connectivity index (χ0v) is 11.9. The van der Waals surface area contributed by atoms with Gasteiger partial charge in [0.05, 0.1) is 5.54 Å². The van der Waals surface area contributed by atoms with E-state index < -0.39 is 0 Å². The SMILES string of the molecule is CC(C)CNC(N)=NCc1ncnn1C(C)(C)C. The summed E-state index contributed by atoms with van der Waals surface area (Å²) in [4.78, 5) is 8.48. The molecule has 1 heterocycles. The molecular weight excluding hydrogens is 228 g/mol. The number of rotatable bonds is 4. The first-order valence-electron chi connectivity index (χ1n) is 6.24. The number of nitrogens with two attached hydrogens (primary N) is 1. The van der Waals surface area contributed by atoms with Crippen LogP contribution in [0.2, 0.25) is 0 Å². The molecule has 18 heavy (non-hydrogen) atoms. The number of guanidine groups is 1. The molecule has 6 nitrogen and oxygen atoms in total. The Morgan fingerprint density at radius 1 is 1.50 bits per heavy atom. The second-order valence-electron chi connectivity index (χ2n) is 5.74. The lowest BCUT2D eigenvalue weighted by Gasteiger charge is -2.20. The van der Waals surface area contributed by atoms with Gasteiger partial charge >= 0.3 is 0 Å². The fourth-order valence-corrected chi connectivity index (χ4v) is 1.45. The highest BCUT2D eigenvalue weighted by Crippen LogP contribution is 2.14. The van der Waals surface area contributed by atoms with Gasteiger partial charge < -0.3 is 11.1 Å². The first-order chi connectivity index (χ1) is 8.30. The average Bonchev–Trinajstić information content (AvgIpc) is 2.71. The topological polar surface area (TPSA) is 81.1 Å². The van der Waals surface area contributed by atoms with Gasteiger partial charge in [-0.25, -0.2) is 14.7 Å². The van der Waals surface area contributed by atoms with Gasteiger partial charge in [-0.15, -0.1) is 0 Å². The van der Waals surface area contributed by atoms with E-state index in [2.05, 4.69) is 55.0 Å². The van der Waals surface area contributed by atoms with Gasteiger partial charge in [-0.2, -0.15) is 5.10 Å². The van der Waals surface area contributed by atoms with Crippen molar-refractivity contribution in [2.75, 3.05) is 6.54 Å². The van der Waals surface area contributed by atoms with Crippen molar-refractivity contribution in [3.05, 3.63) is 12.2 Å². The fraction of sp³-hybridized carbons (Fsp3) is 0.750. The van der Waals surface area contributed by atoms with Gasteiger partial charge in [0.25, 0.3) is 0 Å². The molecule has 0 fully saturated rings. The molecule has 0 amide bonds. The molecular formula is C12H24N6. The summed E-state index contributed by atoms with van der Waals surface area (Å²) in [6.07, 6.45) is 1.55. The predicted octanol–water partition coefficient (Wildman–Crippen LogP) is 1.09. The molecule has 1 aromatic rings. The fourth-order valence-electron chi connectivity index (χ4n) is 1.45. The van der Waals surface area contributed by atoms with E-state index in [0.29, 0.717) is 18.4 Å². The van der Waals surface area contributed by atoms with Crippen molar-refractivity contribution >= 4 is 5.96 Å². The van der Waals surface area contributed by atoms with Crippen LogP contribution in [0, 0.1) is 5.92 Å². The third-order valence-corrected chi connectivity index (χ3v) is 2.34. The maximum atomic E-state index is 5.78. The molecule has 1 rings (SSSR count). The first kappa shape index (κ1) is 14.5. The zero-order chi connectivity index (χ0) is 13.8. The summed E-state index contributed by atoms with van der Waals surface area (Å²) < 4.78 is 1.87. The zero-order valence-electron chi connectivity index (χ0n) is 11.9. The minimum Gasteiger partial charge on any atom is -0.370 e. The molecule has 0 atom stereocenters. The third-order valence-electron chi connectivity index (χ3n) is 2.34. The highest BCUT2D eigenvalue weighted by Gasteiger charge is 2.17. The standard InChI is InChI=1S/C12H24N6/c1-9(2)6-14-11(13)15-7-10-16-8-17-18(10)12(3,4)5/h8-9H,6-7H2,1-5H3,(H3,13,14,15). The Balaban J connectivity index is 2.63. The van der Waals surface area contributed by atoms with Gasteiger partial charge in [-0.05, 0) is 26.7 Å². The molecule has 0 saturated heterocycles. The van der Waals surface area contributed by atoms with E-state index in [0.717, 1.165) is 12.4 Å². The number of nitrogens with one attached hydrogen (secondary N) is 1. The van der Waals surface area contributed by atoms with Crippen LogP contribution in [-0.2, 0) is 12.1 Å². The third kappa shape index (κ3) is 4.35. The predicted molar refractivity (Wildman–Crippen MR) is 73.2 cm³/mol. The van der Waals surface area contributed by atoms with Crippen molar-refractivity contribution < 1.29 is 0 Å². The summed E-state index contributed by atoms with van der Waals surface area (Å²) >= 11 is 0. The molecule has 0 saturated carbocycles. The van der Waals surface area contributed by atoms with Gasteiger partial charge in [-0.3, -0.25) is 0 Å². The smallest absolute Gasteiger partial charge is 0.189 e. The van der Waals surface area contributed by atoms with Crippen LogP contribution < -0.4 is 11.1 Å². The highest BCUT2D eigenvalue weighted by molar-refractivity contribution is 5.77. The Morgan fingerprint density at radius 3 is 2.72 bits per heavy atom. The Labute approximate surface area is 109 Å². The molecule has 0 radical (unpaired) electrons. The Bertz CT molecular complexity index is 399.